The number of amides is 1. The molecular weight excluding hydrogens is 392 g/mol. The lowest BCUT2D eigenvalue weighted by Crippen LogP contribution is -2.20. The molecule has 0 bridgehead atoms. The fourth-order valence-electron chi connectivity index (χ4n) is 3.25. The Morgan fingerprint density at radius 3 is 2.45 bits per heavy atom. The number of fused-ring (bicyclic) bond motifs is 1. The molecule has 1 heterocycles. The first-order valence-corrected chi connectivity index (χ1v) is 10.1. The minimum atomic E-state index is -0.238. The van der Waals surface area contributed by atoms with E-state index in [1.165, 1.54) is 0 Å². The van der Waals surface area contributed by atoms with Crippen molar-refractivity contribution in [3.05, 3.63) is 71.8 Å². The van der Waals surface area contributed by atoms with Gasteiger partial charge in [0.05, 0.1) is 12.3 Å². The van der Waals surface area contributed by atoms with Crippen LogP contribution in [-0.2, 0) is 4.79 Å². The van der Waals surface area contributed by atoms with E-state index in [9.17, 15) is 4.79 Å². The van der Waals surface area contributed by atoms with Crippen molar-refractivity contribution in [2.45, 2.75) is 20.8 Å². The van der Waals surface area contributed by atoms with Crippen LogP contribution >= 0.6 is 0 Å². The molecule has 1 aromatic heterocycles. The molecule has 0 saturated carbocycles. The molecule has 4 aromatic rings. The third-order valence-corrected chi connectivity index (χ3v) is 4.73. The van der Waals surface area contributed by atoms with Crippen molar-refractivity contribution >= 4 is 22.6 Å². The zero-order chi connectivity index (χ0) is 21.8. The van der Waals surface area contributed by atoms with Gasteiger partial charge >= 0.3 is 0 Å². The Hall–Kier alpha value is -3.87. The average molecular weight is 416 g/mol. The van der Waals surface area contributed by atoms with E-state index in [4.69, 9.17) is 9.47 Å². The smallest absolute Gasteiger partial charge is 0.262 e. The lowest BCUT2D eigenvalue weighted by molar-refractivity contribution is -0.118. The predicted molar refractivity (Wildman–Crippen MR) is 120 cm³/mol. The molecule has 0 aliphatic carbocycles. The fourth-order valence-corrected chi connectivity index (χ4v) is 3.25. The van der Waals surface area contributed by atoms with Crippen molar-refractivity contribution < 1.29 is 14.3 Å². The molecule has 0 aliphatic rings. The van der Waals surface area contributed by atoms with E-state index >= 15 is 0 Å². The summed E-state index contributed by atoms with van der Waals surface area (Å²) in [6, 6.07) is 18.8. The lowest BCUT2D eigenvalue weighted by atomic mass is 10.1. The highest BCUT2D eigenvalue weighted by atomic mass is 16.5. The number of hydrogen-bond donors (Lipinski definition) is 1. The van der Waals surface area contributed by atoms with Crippen molar-refractivity contribution in [2.75, 3.05) is 18.5 Å². The summed E-state index contributed by atoms with van der Waals surface area (Å²) in [6.45, 7) is 6.48. The normalized spacial score (nSPS) is 10.8. The average Bonchev–Trinajstić information content (AvgIpc) is 3.17. The molecule has 7 heteroatoms. The molecule has 0 spiro atoms. The van der Waals surface area contributed by atoms with Crippen LogP contribution in [0.25, 0.3) is 16.7 Å². The molecule has 31 heavy (non-hydrogen) atoms. The number of ether oxygens (including phenoxy) is 2. The summed E-state index contributed by atoms with van der Waals surface area (Å²) in [6.07, 6.45) is 0. The molecular formula is C24H24N4O3. The molecule has 0 atom stereocenters. The number of nitrogens with zero attached hydrogens (tertiary/aromatic N) is 3. The van der Waals surface area contributed by atoms with Crippen LogP contribution < -0.4 is 14.8 Å². The number of aromatic nitrogens is 3. The van der Waals surface area contributed by atoms with E-state index in [0.717, 1.165) is 28.1 Å². The highest BCUT2D eigenvalue weighted by molar-refractivity contribution is 5.93. The van der Waals surface area contributed by atoms with E-state index in [2.05, 4.69) is 15.5 Å². The fraction of sp³-hybridized carbons (Fsp3) is 0.208. The van der Waals surface area contributed by atoms with E-state index in [-0.39, 0.29) is 12.5 Å². The van der Waals surface area contributed by atoms with Gasteiger partial charge in [-0.3, -0.25) is 4.79 Å². The Kier molecular flexibility index (Phi) is 5.84. The SMILES string of the molecule is CCOc1ccc(-n2nc3ccc(NC(=O)COc4ccc(C)cc4C)cc3n2)cc1. The van der Waals surface area contributed by atoms with Gasteiger partial charge in [-0.05, 0) is 74.9 Å². The molecule has 158 valence electrons. The molecule has 0 fully saturated rings. The summed E-state index contributed by atoms with van der Waals surface area (Å²) in [5.74, 6) is 1.27. The van der Waals surface area contributed by atoms with Gasteiger partial charge < -0.3 is 14.8 Å². The van der Waals surface area contributed by atoms with Gasteiger partial charge in [0, 0.05) is 5.69 Å². The number of rotatable bonds is 7. The maximum atomic E-state index is 12.3. The van der Waals surface area contributed by atoms with E-state index < -0.39 is 0 Å². The van der Waals surface area contributed by atoms with Crippen LogP contribution in [-0.4, -0.2) is 34.1 Å². The summed E-state index contributed by atoms with van der Waals surface area (Å²) in [5, 5.41) is 11.9. The van der Waals surface area contributed by atoms with Crippen LogP contribution in [0.3, 0.4) is 0 Å². The van der Waals surface area contributed by atoms with E-state index in [1.54, 1.807) is 16.9 Å². The molecule has 1 amide bonds. The summed E-state index contributed by atoms with van der Waals surface area (Å²) in [4.78, 5) is 13.9. The van der Waals surface area contributed by atoms with Crippen molar-refractivity contribution in [1.29, 1.82) is 0 Å². The van der Waals surface area contributed by atoms with Crippen molar-refractivity contribution in [2.24, 2.45) is 0 Å². The minimum absolute atomic E-state index is 0.0686. The summed E-state index contributed by atoms with van der Waals surface area (Å²) in [7, 11) is 0. The van der Waals surface area contributed by atoms with E-state index in [1.807, 2.05) is 69.3 Å². The Morgan fingerprint density at radius 2 is 1.71 bits per heavy atom. The molecule has 0 unspecified atom stereocenters. The number of aryl methyl sites for hydroxylation is 2. The first-order chi connectivity index (χ1) is 15.0. The van der Waals surface area contributed by atoms with Gasteiger partial charge in [-0.25, -0.2) is 0 Å². The standard InChI is InChI=1S/C24H24N4O3/c1-4-30-20-9-7-19(8-10-20)28-26-21-11-6-18(14-22(21)27-28)25-24(29)15-31-23-12-5-16(2)13-17(23)3/h5-14H,4,15H2,1-3H3,(H,25,29). The Balaban J connectivity index is 1.43. The monoisotopic (exact) mass is 416 g/mol. The van der Waals surface area contributed by atoms with Gasteiger partial charge in [0.25, 0.3) is 5.91 Å². The summed E-state index contributed by atoms with van der Waals surface area (Å²) in [5.41, 5.74) is 5.04. The quantitative estimate of drug-likeness (QED) is 0.481. The molecule has 3 aromatic carbocycles. The second-order valence-corrected chi connectivity index (χ2v) is 7.23. The number of anilines is 1. The van der Waals surface area contributed by atoms with Crippen LogP contribution in [0, 0.1) is 13.8 Å². The first kappa shape index (κ1) is 20.4. The van der Waals surface area contributed by atoms with Crippen LogP contribution in [0.15, 0.2) is 60.7 Å². The van der Waals surface area contributed by atoms with Crippen LogP contribution in [0.1, 0.15) is 18.1 Å². The van der Waals surface area contributed by atoms with Crippen molar-refractivity contribution in [3.63, 3.8) is 0 Å². The van der Waals surface area contributed by atoms with Gasteiger partial charge in [-0.1, -0.05) is 17.7 Å². The maximum Gasteiger partial charge on any atom is 0.262 e. The summed E-state index contributed by atoms with van der Waals surface area (Å²) < 4.78 is 11.1. The van der Waals surface area contributed by atoms with Crippen LogP contribution in [0.4, 0.5) is 5.69 Å². The van der Waals surface area contributed by atoms with Gasteiger partial charge in [0.1, 0.15) is 22.5 Å². The van der Waals surface area contributed by atoms with Crippen molar-refractivity contribution in [1.82, 2.24) is 15.0 Å². The molecule has 0 aliphatic heterocycles. The predicted octanol–water partition coefficient (Wildman–Crippen LogP) is 4.45. The topological polar surface area (TPSA) is 78.3 Å². The second kappa shape index (κ2) is 8.87. The highest BCUT2D eigenvalue weighted by Gasteiger charge is 2.09. The molecule has 0 saturated heterocycles. The largest absolute Gasteiger partial charge is 0.494 e. The zero-order valence-electron chi connectivity index (χ0n) is 17.8. The van der Waals surface area contributed by atoms with Gasteiger partial charge in [-0.2, -0.15) is 4.80 Å². The molecule has 4 rings (SSSR count). The maximum absolute atomic E-state index is 12.3. The number of hydrogen-bond acceptors (Lipinski definition) is 5. The molecule has 7 nitrogen and oxygen atoms in total. The molecule has 0 radical (unpaired) electrons. The van der Waals surface area contributed by atoms with Gasteiger partial charge in [0.15, 0.2) is 6.61 Å². The lowest BCUT2D eigenvalue weighted by Gasteiger charge is -2.10. The second-order valence-electron chi connectivity index (χ2n) is 7.23. The molecule has 1 N–H and O–H groups in total. The zero-order valence-corrected chi connectivity index (χ0v) is 17.8. The first-order valence-electron chi connectivity index (χ1n) is 10.1. The van der Waals surface area contributed by atoms with Crippen molar-refractivity contribution in [3.8, 4) is 17.2 Å². The van der Waals surface area contributed by atoms with Crippen LogP contribution in [0.5, 0.6) is 11.5 Å². The van der Waals surface area contributed by atoms with Gasteiger partial charge in [-0.15, -0.1) is 10.2 Å². The highest BCUT2D eigenvalue weighted by Crippen LogP contribution is 2.20. The Morgan fingerprint density at radius 1 is 0.935 bits per heavy atom. The third-order valence-electron chi connectivity index (χ3n) is 4.73. The minimum Gasteiger partial charge on any atom is -0.494 e. The van der Waals surface area contributed by atoms with E-state index in [0.29, 0.717) is 23.6 Å². The third kappa shape index (κ3) is 4.83. The van der Waals surface area contributed by atoms with Gasteiger partial charge in [0.2, 0.25) is 0 Å². The Labute approximate surface area is 180 Å². The van der Waals surface area contributed by atoms with Crippen LogP contribution in [0.2, 0.25) is 0 Å². The number of carbonyl (C=O) groups is 1. The Bertz CT molecular complexity index is 1220. The number of benzene rings is 3. The summed E-state index contributed by atoms with van der Waals surface area (Å²) >= 11 is 0. The number of nitrogens with one attached hydrogen (secondary N) is 1. The number of carbonyl (C=O) groups excluding carboxylic acids is 1.